The summed E-state index contributed by atoms with van der Waals surface area (Å²) >= 11 is 0. The molecule has 0 saturated heterocycles. The van der Waals surface area contributed by atoms with Crippen LogP contribution in [-0.4, -0.2) is 33.4 Å². The molecule has 1 aromatic heterocycles. The number of hydrogen-bond acceptors (Lipinski definition) is 5. The molecule has 2 aromatic rings. The average Bonchev–Trinajstić information content (AvgIpc) is 3.11. The second-order valence-corrected chi connectivity index (χ2v) is 6.86. The largest absolute Gasteiger partial charge is 0.425 e. The monoisotopic (exact) mass is 343 g/mol. The van der Waals surface area contributed by atoms with Gasteiger partial charge in [-0.25, -0.2) is 5.06 Å². The van der Waals surface area contributed by atoms with E-state index in [1.54, 1.807) is 0 Å². The van der Waals surface area contributed by atoms with Gasteiger partial charge in [0.2, 0.25) is 18.2 Å². The molecule has 1 saturated carbocycles. The quantitative estimate of drug-likeness (QED) is 0.450. The average molecular weight is 343 g/mol. The molecule has 25 heavy (non-hydrogen) atoms. The van der Waals surface area contributed by atoms with Crippen molar-refractivity contribution in [2.75, 3.05) is 6.54 Å². The Hall–Kier alpha value is -2.21. The van der Waals surface area contributed by atoms with Crippen LogP contribution in [0.1, 0.15) is 61.8 Å². The molecule has 1 atom stereocenters. The summed E-state index contributed by atoms with van der Waals surface area (Å²) in [7, 11) is 0. The summed E-state index contributed by atoms with van der Waals surface area (Å²) in [5.41, 5.74) is 1.11. The zero-order valence-electron chi connectivity index (χ0n) is 14.4. The number of hydroxylamine groups is 2. The Morgan fingerprint density at radius 1 is 1.20 bits per heavy atom. The number of aromatic nitrogens is 2. The predicted molar refractivity (Wildman–Crippen MR) is 92.0 cm³/mol. The lowest BCUT2D eigenvalue weighted by molar-refractivity contribution is -0.151. The Labute approximate surface area is 147 Å². The topological polar surface area (TPSA) is 79.5 Å². The normalized spacial score (nSPS) is 16.5. The molecule has 1 amide bonds. The number of amides is 1. The van der Waals surface area contributed by atoms with Crippen molar-refractivity contribution in [2.45, 2.75) is 50.9 Å². The number of benzene rings is 1. The third-order valence-electron chi connectivity index (χ3n) is 4.90. The smallest absolute Gasteiger partial charge is 0.233 e. The molecular weight excluding hydrogens is 318 g/mol. The fraction of sp³-hybridized carbons (Fsp3) is 0.526. The van der Waals surface area contributed by atoms with Gasteiger partial charge in [0, 0.05) is 0 Å². The maximum Gasteiger partial charge on any atom is 0.233 e. The van der Waals surface area contributed by atoms with Crippen molar-refractivity contribution in [2.24, 2.45) is 5.92 Å². The van der Waals surface area contributed by atoms with Crippen molar-refractivity contribution in [3.05, 3.63) is 47.7 Å². The van der Waals surface area contributed by atoms with Crippen LogP contribution in [0, 0.1) is 5.92 Å². The van der Waals surface area contributed by atoms with Gasteiger partial charge in [-0.05, 0) is 17.9 Å². The minimum absolute atomic E-state index is 0.129. The number of hydrogen-bond donors (Lipinski definition) is 1. The molecular formula is C19H25N3O3. The fourth-order valence-electron chi connectivity index (χ4n) is 3.62. The van der Waals surface area contributed by atoms with Crippen LogP contribution in [0.5, 0.6) is 0 Å². The number of nitrogens with zero attached hydrogens (tertiary/aromatic N) is 3. The van der Waals surface area contributed by atoms with Gasteiger partial charge in [-0.3, -0.25) is 10.0 Å². The van der Waals surface area contributed by atoms with Crippen molar-refractivity contribution >= 4 is 6.41 Å². The van der Waals surface area contributed by atoms with Crippen molar-refractivity contribution in [1.82, 2.24) is 15.3 Å². The van der Waals surface area contributed by atoms with Crippen LogP contribution in [0.3, 0.4) is 0 Å². The summed E-state index contributed by atoms with van der Waals surface area (Å²) in [5.74, 6) is 1.53. The highest BCUT2D eigenvalue weighted by molar-refractivity contribution is 5.44. The van der Waals surface area contributed by atoms with Crippen LogP contribution in [0.15, 0.2) is 34.7 Å². The van der Waals surface area contributed by atoms with Gasteiger partial charge in [0.25, 0.3) is 0 Å². The van der Waals surface area contributed by atoms with E-state index in [9.17, 15) is 10.0 Å². The maximum absolute atomic E-state index is 10.8. The van der Waals surface area contributed by atoms with Crippen molar-refractivity contribution in [3.8, 4) is 0 Å². The third-order valence-corrected chi connectivity index (χ3v) is 4.90. The summed E-state index contributed by atoms with van der Waals surface area (Å²) in [6.07, 6.45) is 8.03. The molecule has 1 aromatic carbocycles. The van der Waals surface area contributed by atoms with E-state index in [1.807, 2.05) is 30.3 Å². The minimum atomic E-state index is -0.129. The predicted octanol–water partition coefficient (Wildman–Crippen LogP) is 3.56. The molecule has 1 aliphatic carbocycles. The van der Waals surface area contributed by atoms with E-state index < -0.39 is 0 Å². The van der Waals surface area contributed by atoms with E-state index in [1.165, 1.54) is 32.1 Å². The van der Waals surface area contributed by atoms with Gasteiger partial charge in [0.1, 0.15) is 0 Å². The summed E-state index contributed by atoms with van der Waals surface area (Å²) in [5, 5.41) is 18.7. The van der Waals surface area contributed by atoms with Gasteiger partial charge >= 0.3 is 0 Å². The molecule has 1 N–H and O–H groups in total. The van der Waals surface area contributed by atoms with Gasteiger partial charge in [-0.15, -0.1) is 10.2 Å². The van der Waals surface area contributed by atoms with Gasteiger partial charge in [0.05, 0.1) is 18.9 Å². The fourth-order valence-corrected chi connectivity index (χ4v) is 3.62. The van der Waals surface area contributed by atoms with E-state index in [0.29, 0.717) is 35.6 Å². The zero-order valence-corrected chi connectivity index (χ0v) is 14.4. The lowest BCUT2D eigenvalue weighted by Gasteiger charge is -2.25. The summed E-state index contributed by atoms with van der Waals surface area (Å²) in [6.45, 7) is 0.187. The Balaban J connectivity index is 1.69. The summed E-state index contributed by atoms with van der Waals surface area (Å²) < 4.78 is 5.86. The second-order valence-electron chi connectivity index (χ2n) is 6.86. The van der Waals surface area contributed by atoms with E-state index >= 15 is 0 Å². The zero-order chi connectivity index (χ0) is 17.5. The van der Waals surface area contributed by atoms with E-state index in [-0.39, 0.29) is 12.5 Å². The van der Waals surface area contributed by atoms with Gasteiger partial charge < -0.3 is 4.42 Å². The SMILES string of the molecule is O=CN(O)C[C@@H](CC1CCCCC1)c1nnc(Cc2ccccc2)o1. The molecule has 0 bridgehead atoms. The molecule has 0 unspecified atom stereocenters. The number of carbonyl (C=O) groups excluding carboxylic acids is 1. The molecule has 0 radical (unpaired) electrons. The Morgan fingerprint density at radius 2 is 1.96 bits per heavy atom. The van der Waals surface area contributed by atoms with Crippen LogP contribution < -0.4 is 0 Å². The summed E-state index contributed by atoms with van der Waals surface area (Å²) in [4.78, 5) is 10.8. The molecule has 1 aliphatic rings. The van der Waals surface area contributed by atoms with Crippen molar-refractivity contribution in [3.63, 3.8) is 0 Å². The Kier molecular flexibility index (Phi) is 6.17. The molecule has 0 spiro atoms. The van der Waals surface area contributed by atoms with Crippen LogP contribution in [0.4, 0.5) is 0 Å². The molecule has 6 nitrogen and oxygen atoms in total. The second kappa shape index (κ2) is 8.76. The first-order chi connectivity index (χ1) is 12.2. The van der Waals surface area contributed by atoms with Gasteiger partial charge in [-0.1, -0.05) is 62.4 Å². The first-order valence-electron chi connectivity index (χ1n) is 9.01. The first kappa shape index (κ1) is 17.6. The number of rotatable bonds is 8. The molecule has 3 rings (SSSR count). The highest BCUT2D eigenvalue weighted by Gasteiger charge is 2.26. The van der Waals surface area contributed by atoms with Crippen LogP contribution >= 0.6 is 0 Å². The molecule has 0 aliphatic heterocycles. The van der Waals surface area contributed by atoms with E-state index in [0.717, 1.165) is 12.0 Å². The van der Waals surface area contributed by atoms with E-state index in [2.05, 4.69) is 10.2 Å². The first-order valence-corrected chi connectivity index (χ1v) is 9.01. The summed E-state index contributed by atoms with van der Waals surface area (Å²) in [6, 6.07) is 9.97. The maximum atomic E-state index is 10.8. The van der Waals surface area contributed by atoms with Crippen molar-refractivity contribution < 1.29 is 14.4 Å². The third kappa shape index (κ3) is 5.13. The minimum Gasteiger partial charge on any atom is -0.425 e. The molecule has 1 fully saturated rings. The highest BCUT2D eigenvalue weighted by atomic mass is 16.5. The standard InChI is InChI=1S/C19H25N3O3/c23-14-22(24)13-17(11-15-7-3-1-4-8-15)19-21-20-18(25-19)12-16-9-5-2-6-10-16/h2,5-6,9-10,14-15,17,24H,1,3-4,7-8,11-13H2/t17-/m1/s1. The number of carbonyl (C=O) groups is 1. The van der Waals surface area contributed by atoms with Crippen molar-refractivity contribution in [1.29, 1.82) is 0 Å². The van der Waals surface area contributed by atoms with E-state index in [4.69, 9.17) is 4.42 Å². The van der Waals surface area contributed by atoms with Gasteiger partial charge in [0.15, 0.2) is 0 Å². The molecule has 1 heterocycles. The lowest BCUT2D eigenvalue weighted by atomic mass is 9.82. The van der Waals surface area contributed by atoms with Crippen LogP contribution in [0.25, 0.3) is 0 Å². The van der Waals surface area contributed by atoms with Gasteiger partial charge in [-0.2, -0.15) is 0 Å². The van der Waals surface area contributed by atoms with Crippen LogP contribution in [0.2, 0.25) is 0 Å². The van der Waals surface area contributed by atoms with Crippen LogP contribution in [-0.2, 0) is 11.2 Å². The Morgan fingerprint density at radius 3 is 2.68 bits per heavy atom. The highest BCUT2D eigenvalue weighted by Crippen LogP contribution is 2.33. The molecule has 6 heteroatoms. The molecule has 134 valence electrons. The Bertz CT molecular complexity index is 653. The lowest BCUT2D eigenvalue weighted by Crippen LogP contribution is -2.26.